The fourth-order valence-corrected chi connectivity index (χ4v) is 3.84. The maximum atomic E-state index is 12.3. The van der Waals surface area contributed by atoms with Crippen molar-refractivity contribution in [3.63, 3.8) is 0 Å². The number of carboxylic acid groups (broad SMARTS) is 1. The molecule has 0 amide bonds. The third-order valence-corrected chi connectivity index (χ3v) is 5.48. The van der Waals surface area contributed by atoms with Crippen LogP contribution >= 0.6 is 0 Å². The van der Waals surface area contributed by atoms with Crippen LogP contribution in [0.5, 0.6) is 5.75 Å². The van der Waals surface area contributed by atoms with Crippen molar-refractivity contribution in [3.05, 3.63) is 57.9 Å². The molecule has 0 aliphatic carbocycles. The maximum absolute atomic E-state index is 12.3. The van der Waals surface area contributed by atoms with Gasteiger partial charge < -0.3 is 14.3 Å². The smallest absolute Gasteiger partial charge is 0.371 e. The highest BCUT2D eigenvalue weighted by atomic mass is 32.2. The van der Waals surface area contributed by atoms with E-state index in [1.54, 1.807) is 13.8 Å². The molecule has 1 aliphatic heterocycles. The molecule has 0 atom stereocenters. The number of carbonyl (C=O) groups is 1. The van der Waals surface area contributed by atoms with Gasteiger partial charge in [-0.2, -0.15) is 8.42 Å². The third kappa shape index (κ3) is 2.76. The number of rotatable bonds is 2. The van der Waals surface area contributed by atoms with Crippen LogP contribution < -0.4 is 10.2 Å². The Morgan fingerprint density at radius 1 is 1.07 bits per heavy atom. The van der Waals surface area contributed by atoms with Crippen LogP contribution in [0, 0.1) is 0 Å². The van der Waals surface area contributed by atoms with E-state index in [2.05, 4.69) is 0 Å². The molecule has 2 aromatic carbocycles. The van der Waals surface area contributed by atoms with Crippen LogP contribution in [-0.4, -0.2) is 24.0 Å². The Kier molecular flexibility index (Phi) is 3.68. The van der Waals surface area contributed by atoms with Crippen molar-refractivity contribution in [2.75, 3.05) is 0 Å². The van der Waals surface area contributed by atoms with Gasteiger partial charge in [-0.15, -0.1) is 0 Å². The van der Waals surface area contributed by atoms with Crippen molar-refractivity contribution >= 4 is 27.1 Å². The molecule has 0 saturated carbocycles. The topological polar surface area (TPSA) is 131 Å². The van der Waals surface area contributed by atoms with E-state index in [1.165, 1.54) is 30.3 Å². The third-order valence-electron chi connectivity index (χ3n) is 4.63. The van der Waals surface area contributed by atoms with Gasteiger partial charge in [-0.3, -0.25) is 9.35 Å². The lowest BCUT2D eigenvalue weighted by atomic mass is 9.86. The van der Waals surface area contributed by atoms with Crippen LogP contribution in [-0.2, 0) is 15.7 Å². The van der Waals surface area contributed by atoms with E-state index >= 15 is 0 Å². The molecular weight excluding hydrogens is 388 g/mol. The van der Waals surface area contributed by atoms with Gasteiger partial charge in [0.2, 0.25) is 5.76 Å². The minimum absolute atomic E-state index is 0.0671. The minimum atomic E-state index is -4.39. The molecule has 3 aromatic rings. The molecule has 0 unspecified atom stereocenters. The first-order valence-corrected chi connectivity index (χ1v) is 9.58. The molecule has 144 valence electrons. The van der Waals surface area contributed by atoms with Crippen LogP contribution in [0.15, 0.2) is 50.5 Å². The van der Waals surface area contributed by atoms with Crippen molar-refractivity contribution < 1.29 is 32.0 Å². The second kappa shape index (κ2) is 5.66. The molecule has 0 fully saturated rings. The summed E-state index contributed by atoms with van der Waals surface area (Å²) in [5.74, 6) is -1.48. The summed E-state index contributed by atoms with van der Waals surface area (Å²) >= 11 is 0. The summed E-state index contributed by atoms with van der Waals surface area (Å²) in [6, 6.07) is 7.98. The Bertz CT molecular complexity index is 1330. The predicted molar refractivity (Wildman–Crippen MR) is 98.3 cm³/mol. The summed E-state index contributed by atoms with van der Waals surface area (Å²) in [5.41, 5.74) is 0.253. The molecular formula is C19H14O8S. The Labute approximate surface area is 158 Å². The molecule has 0 spiro atoms. The second-order valence-corrected chi connectivity index (χ2v) is 8.34. The Morgan fingerprint density at radius 3 is 2.43 bits per heavy atom. The summed E-state index contributed by atoms with van der Waals surface area (Å²) in [7, 11) is -4.39. The zero-order valence-electron chi connectivity index (χ0n) is 14.7. The first-order valence-electron chi connectivity index (χ1n) is 8.14. The van der Waals surface area contributed by atoms with Crippen molar-refractivity contribution in [1.29, 1.82) is 0 Å². The highest BCUT2D eigenvalue weighted by molar-refractivity contribution is 7.85. The van der Waals surface area contributed by atoms with E-state index in [-0.39, 0.29) is 15.9 Å². The van der Waals surface area contributed by atoms with Gasteiger partial charge in [0.25, 0.3) is 10.1 Å². The van der Waals surface area contributed by atoms with Crippen LogP contribution in [0.3, 0.4) is 0 Å². The average molecular weight is 402 g/mol. The van der Waals surface area contributed by atoms with Gasteiger partial charge in [0.05, 0.1) is 10.3 Å². The van der Waals surface area contributed by atoms with Gasteiger partial charge in [0.15, 0.2) is 5.43 Å². The molecule has 0 saturated heterocycles. The van der Waals surface area contributed by atoms with Crippen LogP contribution in [0.25, 0.3) is 22.1 Å². The quantitative estimate of drug-likeness (QED) is 0.625. The molecule has 28 heavy (non-hydrogen) atoms. The lowest BCUT2D eigenvalue weighted by Gasteiger charge is -2.35. The number of benzene rings is 2. The lowest BCUT2D eigenvalue weighted by molar-refractivity contribution is 0.0662. The zero-order valence-corrected chi connectivity index (χ0v) is 15.5. The van der Waals surface area contributed by atoms with Crippen LogP contribution in [0.4, 0.5) is 0 Å². The van der Waals surface area contributed by atoms with E-state index in [1.807, 2.05) is 0 Å². The van der Waals surface area contributed by atoms with Crippen molar-refractivity contribution in [2.45, 2.75) is 24.3 Å². The van der Waals surface area contributed by atoms with Gasteiger partial charge in [-0.05, 0) is 37.6 Å². The predicted octanol–water partition coefficient (Wildman–Crippen LogP) is 3.03. The average Bonchev–Trinajstić information content (AvgIpc) is 2.59. The second-order valence-electron chi connectivity index (χ2n) is 6.92. The fourth-order valence-electron chi connectivity index (χ4n) is 3.33. The number of ether oxygens (including phenoxy) is 1. The number of hydrogen-bond donors (Lipinski definition) is 2. The number of aromatic carboxylic acids is 1. The number of fused-ring (bicyclic) bond motifs is 4. The van der Waals surface area contributed by atoms with Crippen molar-refractivity contribution in [2.24, 2.45) is 0 Å². The maximum Gasteiger partial charge on any atom is 0.371 e. The standard InChI is InChI=1S/C19H14O8S/c1-19(2)13-5-9(28(23,24)25)3-4-10(13)11-6-12-14(20)7-17(18(21)22)26-15(12)8-16(11)27-19/h3-8H,1-2H3,(H,21,22)(H,23,24,25). The van der Waals surface area contributed by atoms with Gasteiger partial charge in [-0.1, -0.05) is 6.07 Å². The molecule has 8 nitrogen and oxygen atoms in total. The zero-order chi connectivity index (χ0) is 20.4. The number of hydrogen-bond acceptors (Lipinski definition) is 6. The summed E-state index contributed by atoms with van der Waals surface area (Å²) in [6.45, 7) is 3.44. The minimum Gasteiger partial charge on any atom is -0.482 e. The molecule has 1 aliphatic rings. The molecule has 4 rings (SSSR count). The monoisotopic (exact) mass is 402 g/mol. The van der Waals surface area contributed by atoms with E-state index in [0.29, 0.717) is 22.4 Å². The van der Waals surface area contributed by atoms with E-state index in [0.717, 1.165) is 6.07 Å². The normalized spacial score (nSPS) is 14.8. The SMILES string of the molecule is CC1(C)Oc2cc3oc(C(=O)O)cc(=O)c3cc2-c2ccc(S(=O)(=O)O)cc21. The molecule has 0 bridgehead atoms. The highest BCUT2D eigenvalue weighted by Gasteiger charge is 2.34. The van der Waals surface area contributed by atoms with Gasteiger partial charge in [0.1, 0.15) is 16.9 Å². The Hall–Kier alpha value is -3.17. The summed E-state index contributed by atoms with van der Waals surface area (Å²) in [4.78, 5) is 23.2. The Morgan fingerprint density at radius 2 is 1.79 bits per heavy atom. The molecule has 9 heteroatoms. The number of carboxylic acids is 1. The van der Waals surface area contributed by atoms with E-state index in [4.69, 9.17) is 14.3 Å². The summed E-state index contributed by atoms with van der Waals surface area (Å²) in [5, 5.41) is 9.24. The molecule has 2 N–H and O–H groups in total. The van der Waals surface area contributed by atoms with E-state index in [9.17, 15) is 22.6 Å². The molecule has 1 aromatic heterocycles. The van der Waals surface area contributed by atoms with Crippen LogP contribution in [0.2, 0.25) is 0 Å². The molecule has 2 heterocycles. The fraction of sp³-hybridized carbons (Fsp3) is 0.158. The lowest BCUT2D eigenvalue weighted by Crippen LogP contribution is -2.29. The molecule has 0 radical (unpaired) electrons. The van der Waals surface area contributed by atoms with Crippen molar-refractivity contribution in [1.82, 2.24) is 0 Å². The van der Waals surface area contributed by atoms with Gasteiger partial charge in [-0.25, -0.2) is 4.79 Å². The van der Waals surface area contributed by atoms with Crippen LogP contribution in [0.1, 0.15) is 30.0 Å². The van der Waals surface area contributed by atoms with Gasteiger partial charge >= 0.3 is 5.97 Å². The highest BCUT2D eigenvalue weighted by Crippen LogP contribution is 2.46. The first-order chi connectivity index (χ1) is 13.0. The first kappa shape index (κ1) is 18.2. The largest absolute Gasteiger partial charge is 0.482 e. The van der Waals surface area contributed by atoms with Gasteiger partial charge in [0, 0.05) is 23.3 Å². The van der Waals surface area contributed by atoms with E-state index < -0.39 is 32.9 Å². The summed E-state index contributed by atoms with van der Waals surface area (Å²) < 4.78 is 43.6. The Balaban J connectivity index is 2.03. The van der Waals surface area contributed by atoms with Crippen molar-refractivity contribution in [3.8, 4) is 16.9 Å². The summed E-state index contributed by atoms with van der Waals surface area (Å²) in [6.07, 6.45) is 0.